The topological polar surface area (TPSA) is 30.7 Å². The molecule has 0 saturated heterocycles. The number of aromatic nitrogens is 3. The molecule has 1 aromatic carbocycles. The van der Waals surface area contributed by atoms with E-state index < -0.39 is 5.82 Å². The van der Waals surface area contributed by atoms with Crippen LogP contribution in [0.25, 0.3) is 11.0 Å². The van der Waals surface area contributed by atoms with Gasteiger partial charge in [0.1, 0.15) is 11.6 Å². The second-order valence-corrected chi connectivity index (χ2v) is 6.50. The average Bonchev–Trinajstić information content (AvgIpc) is 3.05. The van der Waals surface area contributed by atoms with E-state index in [1.807, 2.05) is 16.9 Å². The smallest absolute Gasteiger partial charge is 0.144 e. The molecule has 1 atom stereocenters. The maximum absolute atomic E-state index is 13.6. The van der Waals surface area contributed by atoms with E-state index in [4.69, 9.17) is 23.2 Å². The number of benzene rings is 1. The van der Waals surface area contributed by atoms with Crippen LogP contribution < -0.4 is 0 Å². The van der Waals surface area contributed by atoms with E-state index in [9.17, 15) is 4.39 Å². The van der Waals surface area contributed by atoms with E-state index in [-0.39, 0.29) is 10.4 Å². The summed E-state index contributed by atoms with van der Waals surface area (Å²) in [7, 11) is 0. The maximum Gasteiger partial charge on any atom is 0.144 e. The van der Waals surface area contributed by atoms with Gasteiger partial charge in [0.15, 0.2) is 0 Å². The summed E-state index contributed by atoms with van der Waals surface area (Å²) in [4.78, 5) is 8.70. The Bertz CT molecular complexity index is 768. The molecule has 2 aromatic heterocycles. The number of fused-ring (bicyclic) bond motifs is 1. The van der Waals surface area contributed by atoms with E-state index >= 15 is 0 Å². The van der Waals surface area contributed by atoms with Gasteiger partial charge in [0.2, 0.25) is 0 Å². The summed E-state index contributed by atoms with van der Waals surface area (Å²) in [6.45, 7) is 2.52. The van der Waals surface area contributed by atoms with Crippen molar-refractivity contribution in [1.82, 2.24) is 14.5 Å². The Balaban J connectivity index is 2.04. The van der Waals surface area contributed by atoms with Crippen LogP contribution >= 0.6 is 34.5 Å². The number of thiazole rings is 1. The zero-order chi connectivity index (χ0) is 15.0. The summed E-state index contributed by atoms with van der Waals surface area (Å²) in [5.41, 5.74) is 4.18. The van der Waals surface area contributed by atoms with Crippen LogP contribution in [0.1, 0.15) is 23.8 Å². The van der Waals surface area contributed by atoms with E-state index in [2.05, 4.69) is 9.97 Å². The second kappa shape index (κ2) is 5.91. The Morgan fingerprint density at radius 1 is 1.43 bits per heavy atom. The molecule has 0 aliphatic heterocycles. The molecular formula is C14H12Cl2FN3S. The molecule has 0 amide bonds. The lowest BCUT2D eigenvalue weighted by atomic mass is 10.3. The van der Waals surface area contributed by atoms with E-state index in [0.29, 0.717) is 17.9 Å². The number of rotatable bonds is 4. The Morgan fingerprint density at radius 3 is 2.90 bits per heavy atom. The van der Waals surface area contributed by atoms with Gasteiger partial charge in [-0.15, -0.1) is 22.9 Å². The van der Waals surface area contributed by atoms with Crippen molar-refractivity contribution in [3.63, 3.8) is 0 Å². The molecule has 1 unspecified atom stereocenters. The van der Waals surface area contributed by atoms with E-state index in [1.54, 1.807) is 22.9 Å². The third-order valence-electron chi connectivity index (χ3n) is 3.25. The van der Waals surface area contributed by atoms with Crippen molar-refractivity contribution in [1.29, 1.82) is 0 Å². The number of nitrogens with zero attached hydrogens (tertiary/aromatic N) is 3. The first-order valence-corrected chi connectivity index (χ1v) is 8.18. The minimum atomic E-state index is -0.470. The molecule has 3 rings (SSSR count). The number of alkyl halides is 1. The molecule has 110 valence electrons. The van der Waals surface area contributed by atoms with Gasteiger partial charge < -0.3 is 4.57 Å². The van der Waals surface area contributed by atoms with Crippen molar-refractivity contribution < 1.29 is 4.39 Å². The maximum atomic E-state index is 13.6. The van der Waals surface area contributed by atoms with Gasteiger partial charge >= 0.3 is 0 Å². The van der Waals surface area contributed by atoms with Gasteiger partial charge in [-0.25, -0.2) is 14.4 Å². The van der Waals surface area contributed by atoms with Crippen LogP contribution in [0.3, 0.4) is 0 Å². The molecular weight excluding hydrogens is 332 g/mol. The molecule has 0 saturated carbocycles. The predicted molar refractivity (Wildman–Crippen MR) is 84.8 cm³/mol. The lowest BCUT2D eigenvalue weighted by Gasteiger charge is -2.09. The summed E-state index contributed by atoms with van der Waals surface area (Å²) >= 11 is 13.6. The van der Waals surface area contributed by atoms with Gasteiger partial charge in [-0.3, -0.25) is 0 Å². The monoisotopic (exact) mass is 343 g/mol. The van der Waals surface area contributed by atoms with Crippen molar-refractivity contribution in [3.8, 4) is 0 Å². The molecule has 0 aliphatic carbocycles. The summed E-state index contributed by atoms with van der Waals surface area (Å²) in [6.07, 6.45) is 0.764. The van der Waals surface area contributed by atoms with Crippen molar-refractivity contribution in [2.24, 2.45) is 0 Å². The van der Waals surface area contributed by atoms with Crippen molar-refractivity contribution >= 4 is 45.6 Å². The fourth-order valence-electron chi connectivity index (χ4n) is 2.26. The second-order valence-electron chi connectivity index (χ2n) is 4.72. The molecule has 7 heteroatoms. The summed E-state index contributed by atoms with van der Waals surface area (Å²) in [5, 5.41) is 1.83. The SMILES string of the molecule is CC(Cl)c1nc2cc(F)c(Cl)cc2n1CCc1cscn1. The van der Waals surface area contributed by atoms with Crippen LogP contribution in [0.2, 0.25) is 5.02 Å². The first-order chi connectivity index (χ1) is 10.1. The zero-order valence-corrected chi connectivity index (χ0v) is 13.5. The van der Waals surface area contributed by atoms with Gasteiger partial charge in [0, 0.05) is 24.4 Å². The highest BCUT2D eigenvalue weighted by Gasteiger charge is 2.17. The van der Waals surface area contributed by atoms with E-state index in [1.165, 1.54) is 6.07 Å². The summed E-state index contributed by atoms with van der Waals surface area (Å²) in [6, 6.07) is 2.95. The van der Waals surface area contributed by atoms with Crippen LogP contribution in [-0.2, 0) is 13.0 Å². The van der Waals surface area contributed by atoms with E-state index in [0.717, 1.165) is 17.6 Å². The average molecular weight is 344 g/mol. The quantitative estimate of drug-likeness (QED) is 0.635. The van der Waals surface area contributed by atoms with Crippen molar-refractivity contribution in [2.45, 2.75) is 25.3 Å². The van der Waals surface area contributed by atoms with Crippen LogP contribution in [0.15, 0.2) is 23.0 Å². The lowest BCUT2D eigenvalue weighted by molar-refractivity contribution is 0.629. The lowest BCUT2D eigenvalue weighted by Crippen LogP contribution is -2.07. The number of imidazole rings is 1. The van der Waals surface area contributed by atoms with Gasteiger partial charge in [0.25, 0.3) is 0 Å². The minimum Gasteiger partial charge on any atom is -0.326 e. The highest BCUT2D eigenvalue weighted by atomic mass is 35.5. The number of halogens is 3. The van der Waals surface area contributed by atoms with Gasteiger partial charge in [0.05, 0.1) is 32.6 Å². The Hall–Kier alpha value is -1.17. The highest BCUT2D eigenvalue weighted by Crippen LogP contribution is 2.28. The molecule has 0 fully saturated rings. The third kappa shape index (κ3) is 2.91. The van der Waals surface area contributed by atoms with Crippen LogP contribution in [0.5, 0.6) is 0 Å². The first kappa shape index (κ1) is 14.8. The molecule has 0 bridgehead atoms. The normalized spacial score (nSPS) is 13.0. The Morgan fingerprint density at radius 2 is 2.24 bits per heavy atom. The molecule has 21 heavy (non-hydrogen) atoms. The summed E-state index contributed by atoms with van der Waals surface area (Å²) < 4.78 is 15.6. The van der Waals surface area contributed by atoms with Crippen molar-refractivity contribution in [2.75, 3.05) is 0 Å². The van der Waals surface area contributed by atoms with Crippen molar-refractivity contribution in [3.05, 3.63) is 45.4 Å². The Kier molecular flexibility index (Phi) is 4.15. The molecule has 2 heterocycles. The van der Waals surface area contributed by atoms with Gasteiger partial charge in [-0.2, -0.15) is 0 Å². The largest absolute Gasteiger partial charge is 0.326 e. The molecule has 3 nitrogen and oxygen atoms in total. The van der Waals surface area contributed by atoms with Crippen LogP contribution in [0, 0.1) is 5.82 Å². The third-order valence-corrected chi connectivity index (χ3v) is 4.37. The summed E-state index contributed by atoms with van der Waals surface area (Å²) in [5.74, 6) is 0.241. The standard InChI is InChI=1S/C14H12Cl2FN3S/c1-8(15)14-19-12-5-11(17)10(16)4-13(12)20(14)3-2-9-6-21-7-18-9/h4-8H,2-3H2,1H3. The molecule has 0 spiro atoms. The molecule has 0 N–H and O–H groups in total. The zero-order valence-electron chi connectivity index (χ0n) is 11.2. The van der Waals surface area contributed by atoms with Crippen LogP contribution in [-0.4, -0.2) is 14.5 Å². The molecule has 0 aliphatic rings. The van der Waals surface area contributed by atoms with Gasteiger partial charge in [-0.1, -0.05) is 11.6 Å². The fraction of sp³-hybridized carbons (Fsp3) is 0.286. The number of aryl methyl sites for hydroxylation is 2. The van der Waals surface area contributed by atoms with Crippen LogP contribution in [0.4, 0.5) is 4.39 Å². The molecule has 0 radical (unpaired) electrons. The number of hydrogen-bond donors (Lipinski definition) is 0. The molecule has 3 aromatic rings. The fourth-order valence-corrected chi connectivity index (χ4v) is 3.18. The Labute approximate surface area is 135 Å². The minimum absolute atomic E-state index is 0.0890. The van der Waals surface area contributed by atoms with Gasteiger partial charge in [-0.05, 0) is 13.0 Å². The highest BCUT2D eigenvalue weighted by molar-refractivity contribution is 7.07. The number of hydrogen-bond acceptors (Lipinski definition) is 3. The first-order valence-electron chi connectivity index (χ1n) is 6.42. The predicted octanol–water partition coefficient (Wildman–Crippen LogP) is 4.83.